The number of nitrogens with zero attached hydrogens (tertiary/aromatic N) is 1. The number of rotatable bonds is 4. The molecule has 0 aliphatic carbocycles. The molecule has 0 saturated heterocycles. The second-order valence-electron chi connectivity index (χ2n) is 4.40. The third-order valence-corrected chi connectivity index (χ3v) is 2.83. The van der Waals surface area contributed by atoms with Crippen LogP contribution in [-0.4, -0.2) is 11.9 Å². The Bertz CT molecular complexity index is 498. The fraction of sp³-hybridized carbons (Fsp3) is 0.333. The van der Waals surface area contributed by atoms with Crippen molar-refractivity contribution in [3.05, 3.63) is 41.1 Å². The van der Waals surface area contributed by atoms with Crippen molar-refractivity contribution in [2.24, 2.45) is 4.99 Å². The second-order valence-corrected chi connectivity index (χ2v) is 4.40. The minimum atomic E-state index is -0.373. The lowest BCUT2D eigenvalue weighted by Gasteiger charge is -2.00. The van der Waals surface area contributed by atoms with Gasteiger partial charge < -0.3 is 4.74 Å². The van der Waals surface area contributed by atoms with Crippen molar-refractivity contribution in [2.45, 2.75) is 33.1 Å². The van der Waals surface area contributed by atoms with Gasteiger partial charge in [0.2, 0.25) is 0 Å². The Morgan fingerprint density at radius 1 is 1.28 bits per heavy atom. The molecule has 0 radical (unpaired) electrons. The summed E-state index contributed by atoms with van der Waals surface area (Å²) >= 11 is 0. The average molecular weight is 243 g/mol. The summed E-state index contributed by atoms with van der Waals surface area (Å²) in [5, 5.41) is 0. The molecule has 94 valence electrons. The van der Waals surface area contributed by atoms with E-state index >= 15 is 0 Å². The van der Waals surface area contributed by atoms with Gasteiger partial charge in [0, 0.05) is 6.92 Å². The number of hydrogen-bond acceptors (Lipinski definition) is 3. The van der Waals surface area contributed by atoms with E-state index in [2.05, 4.69) is 24.0 Å². The zero-order valence-corrected chi connectivity index (χ0v) is 10.8. The predicted octanol–water partition coefficient (Wildman–Crippen LogP) is 3.35. The van der Waals surface area contributed by atoms with E-state index in [0.29, 0.717) is 11.6 Å². The Morgan fingerprint density at radius 3 is 2.56 bits per heavy atom. The van der Waals surface area contributed by atoms with Gasteiger partial charge in [-0.3, -0.25) is 0 Å². The van der Waals surface area contributed by atoms with Crippen LogP contribution in [0.15, 0.2) is 35.0 Å². The van der Waals surface area contributed by atoms with Crippen LogP contribution in [0.2, 0.25) is 0 Å². The fourth-order valence-electron chi connectivity index (χ4n) is 1.84. The van der Waals surface area contributed by atoms with E-state index in [4.69, 9.17) is 4.74 Å². The monoisotopic (exact) mass is 243 g/mol. The first-order valence-electron chi connectivity index (χ1n) is 6.27. The largest absolute Gasteiger partial charge is 0.407 e. The molecule has 0 spiro atoms. The Kier molecular flexibility index (Phi) is 3.92. The van der Waals surface area contributed by atoms with Gasteiger partial charge in [0.25, 0.3) is 0 Å². The molecule has 0 saturated carbocycles. The van der Waals surface area contributed by atoms with Crippen molar-refractivity contribution in [3.8, 4) is 0 Å². The molecule has 0 N–H and O–H groups in total. The SMILES string of the molecule is CCCCc1ccc(C=C2N=C(C)OC2=O)cc1. The molecule has 2 rings (SSSR count). The van der Waals surface area contributed by atoms with Crippen LogP contribution in [0.4, 0.5) is 0 Å². The third kappa shape index (κ3) is 3.06. The summed E-state index contributed by atoms with van der Waals surface area (Å²) in [6.07, 6.45) is 5.26. The number of ether oxygens (including phenoxy) is 1. The van der Waals surface area contributed by atoms with Crippen molar-refractivity contribution >= 4 is 17.9 Å². The predicted molar refractivity (Wildman–Crippen MR) is 72.2 cm³/mol. The second kappa shape index (κ2) is 5.63. The maximum absolute atomic E-state index is 11.4. The molecule has 0 aromatic heterocycles. The van der Waals surface area contributed by atoms with E-state index in [9.17, 15) is 4.79 Å². The highest BCUT2D eigenvalue weighted by molar-refractivity contribution is 6.06. The van der Waals surface area contributed by atoms with Crippen molar-refractivity contribution in [1.82, 2.24) is 0 Å². The van der Waals surface area contributed by atoms with E-state index in [0.717, 1.165) is 12.0 Å². The van der Waals surface area contributed by atoms with Gasteiger partial charge in [0.1, 0.15) is 0 Å². The van der Waals surface area contributed by atoms with E-state index in [1.165, 1.54) is 18.4 Å². The molecule has 1 aliphatic heterocycles. The van der Waals surface area contributed by atoms with Crippen LogP contribution in [0.25, 0.3) is 6.08 Å². The minimum Gasteiger partial charge on any atom is -0.407 e. The van der Waals surface area contributed by atoms with E-state index in [1.807, 2.05) is 12.1 Å². The molecule has 1 aromatic carbocycles. The van der Waals surface area contributed by atoms with Crippen LogP contribution < -0.4 is 0 Å². The molecule has 3 heteroatoms. The first kappa shape index (κ1) is 12.6. The normalized spacial score (nSPS) is 16.9. The van der Waals surface area contributed by atoms with Gasteiger partial charge in [-0.25, -0.2) is 9.79 Å². The number of aryl methyl sites for hydroxylation is 1. The lowest BCUT2D eigenvalue weighted by atomic mass is 10.1. The lowest BCUT2D eigenvalue weighted by Crippen LogP contribution is -1.99. The van der Waals surface area contributed by atoms with Gasteiger partial charge in [-0.1, -0.05) is 37.6 Å². The van der Waals surface area contributed by atoms with Gasteiger partial charge in [0.15, 0.2) is 11.6 Å². The molecule has 0 fully saturated rings. The molecule has 3 nitrogen and oxygen atoms in total. The molecule has 0 atom stereocenters. The summed E-state index contributed by atoms with van der Waals surface area (Å²) in [4.78, 5) is 15.4. The smallest absolute Gasteiger partial charge is 0.363 e. The van der Waals surface area contributed by atoms with E-state index in [-0.39, 0.29) is 5.97 Å². The van der Waals surface area contributed by atoms with Crippen molar-refractivity contribution in [2.75, 3.05) is 0 Å². The minimum absolute atomic E-state index is 0.369. The summed E-state index contributed by atoms with van der Waals surface area (Å²) in [6, 6.07) is 8.21. The first-order chi connectivity index (χ1) is 8.69. The summed E-state index contributed by atoms with van der Waals surface area (Å²) in [6.45, 7) is 3.86. The number of unbranched alkanes of at least 4 members (excludes halogenated alkanes) is 1. The van der Waals surface area contributed by atoms with Gasteiger partial charge in [-0.15, -0.1) is 0 Å². The molecule has 0 amide bonds. The van der Waals surface area contributed by atoms with Crippen LogP contribution in [0, 0.1) is 0 Å². The Hall–Kier alpha value is -1.90. The van der Waals surface area contributed by atoms with Gasteiger partial charge >= 0.3 is 5.97 Å². The van der Waals surface area contributed by atoms with Crippen molar-refractivity contribution in [3.63, 3.8) is 0 Å². The maximum Gasteiger partial charge on any atom is 0.363 e. The summed E-state index contributed by atoms with van der Waals surface area (Å²) < 4.78 is 4.87. The highest BCUT2D eigenvalue weighted by atomic mass is 16.6. The number of carbonyl (C=O) groups excluding carboxylic acids is 1. The molecule has 18 heavy (non-hydrogen) atoms. The van der Waals surface area contributed by atoms with Crippen LogP contribution in [0.5, 0.6) is 0 Å². The Morgan fingerprint density at radius 2 is 2.00 bits per heavy atom. The van der Waals surface area contributed by atoms with Crippen LogP contribution >= 0.6 is 0 Å². The number of esters is 1. The topological polar surface area (TPSA) is 38.7 Å². The average Bonchev–Trinajstić information content (AvgIpc) is 2.67. The molecular weight excluding hydrogens is 226 g/mol. The van der Waals surface area contributed by atoms with Crippen LogP contribution in [0.3, 0.4) is 0 Å². The number of aliphatic imine (C=N–C) groups is 1. The fourth-order valence-corrected chi connectivity index (χ4v) is 1.84. The number of carbonyl (C=O) groups is 1. The molecule has 1 aliphatic rings. The number of cyclic esters (lactones) is 1. The van der Waals surface area contributed by atoms with Crippen molar-refractivity contribution in [1.29, 1.82) is 0 Å². The highest BCUT2D eigenvalue weighted by Gasteiger charge is 2.19. The lowest BCUT2D eigenvalue weighted by molar-refractivity contribution is -0.130. The highest BCUT2D eigenvalue weighted by Crippen LogP contribution is 2.16. The summed E-state index contributed by atoms with van der Waals surface area (Å²) in [5.74, 6) is 0.0355. The Labute approximate surface area is 107 Å². The first-order valence-corrected chi connectivity index (χ1v) is 6.27. The summed E-state index contributed by atoms with van der Waals surface area (Å²) in [5.41, 5.74) is 2.67. The Balaban J connectivity index is 2.11. The number of benzene rings is 1. The van der Waals surface area contributed by atoms with Gasteiger partial charge in [0.05, 0.1) is 0 Å². The molecule has 0 bridgehead atoms. The zero-order valence-electron chi connectivity index (χ0n) is 10.8. The quantitative estimate of drug-likeness (QED) is 0.601. The zero-order chi connectivity index (χ0) is 13.0. The van der Waals surface area contributed by atoms with Crippen LogP contribution in [-0.2, 0) is 16.0 Å². The summed E-state index contributed by atoms with van der Waals surface area (Å²) in [7, 11) is 0. The van der Waals surface area contributed by atoms with Crippen LogP contribution in [0.1, 0.15) is 37.8 Å². The molecule has 1 heterocycles. The molecule has 1 aromatic rings. The maximum atomic E-state index is 11.4. The standard InChI is InChI=1S/C15H17NO2/c1-3-4-5-12-6-8-13(9-7-12)10-14-15(17)18-11(2)16-14/h6-10H,3-5H2,1-2H3. The molecular formula is C15H17NO2. The molecule has 0 unspecified atom stereocenters. The van der Waals surface area contributed by atoms with Crippen molar-refractivity contribution < 1.29 is 9.53 Å². The van der Waals surface area contributed by atoms with Gasteiger partial charge in [-0.05, 0) is 30.0 Å². The van der Waals surface area contributed by atoms with E-state index < -0.39 is 0 Å². The number of hydrogen-bond donors (Lipinski definition) is 0. The third-order valence-electron chi connectivity index (χ3n) is 2.83. The van der Waals surface area contributed by atoms with E-state index in [1.54, 1.807) is 13.0 Å². The van der Waals surface area contributed by atoms with Gasteiger partial charge in [-0.2, -0.15) is 0 Å².